The van der Waals surface area contributed by atoms with Gasteiger partial charge in [0.25, 0.3) is 10.0 Å². The summed E-state index contributed by atoms with van der Waals surface area (Å²) in [6.07, 6.45) is 1.62. The minimum absolute atomic E-state index is 0.127. The maximum absolute atomic E-state index is 12.5. The van der Waals surface area contributed by atoms with Crippen LogP contribution in [0.5, 0.6) is 0 Å². The number of sulfonamides is 1. The van der Waals surface area contributed by atoms with Gasteiger partial charge in [0.1, 0.15) is 4.90 Å². The van der Waals surface area contributed by atoms with E-state index in [1.54, 1.807) is 24.4 Å². The fraction of sp³-hybridized carbons (Fsp3) is 0.214. The second-order valence-electron chi connectivity index (χ2n) is 4.39. The number of nitrogens with two attached hydrogens (primary N) is 1. The fourth-order valence-corrected chi connectivity index (χ4v) is 3.74. The molecule has 1 heterocycles. The van der Waals surface area contributed by atoms with Crippen LogP contribution in [0.25, 0.3) is 0 Å². The number of hydrogen-bond acceptors (Lipinski definition) is 5. The third kappa shape index (κ3) is 3.82. The predicted molar refractivity (Wildman–Crippen MR) is 84.8 cm³/mol. The Balaban J connectivity index is 2.44. The van der Waals surface area contributed by atoms with Crippen molar-refractivity contribution in [2.24, 2.45) is 5.73 Å². The van der Waals surface area contributed by atoms with Crippen LogP contribution in [-0.4, -0.2) is 19.9 Å². The van der Waals surface area contributed by atoms with Crippen molar-refractivity contribution in [3.63, 3.8) is 0 Å². The van der Waals surface area contributed by atoms with Crippen molar-refractivity contribution in [2.45, 2.75) is 18.7 Å². The third-order valence-corrected chi connectivity index (χ3v) is 4.95. The number of aryl methyl sites for hydroxylation is 2. The summed E-state index contributed by atoms with van der Waals surface area (Å²) in [5.41, 5.74) is 6.72. The summed E-state index contributed by atoms with van der Waals surface area (Å²) in [4.78, 5) is 5.07. The summed E-state index contributed by atoms with van der Waals surface area (Å²) in [6.45, 7) is 3.91. The standard InChI is InChI=1S/C14H15N3O2S2/c1-10-5-6-13(12(8-10)4-3-7-15)21(18,19)17-14-16-9-11(2)20-14/h5-6,8-9H,7,15H2,1-2H3,(H,16,17). The average molecular weight is 321 g/mol. The molecule has 5 nitrogen and oxygen atoms in total. The second-order valence-corrected chi connectivity index (χ2v) is 7.27. The molecule has 0 aliphatic carbocycles. The van der Waals surface area contributed by atoms with Crippen LogP contribution in [0.4, 0.5) is 5.13 Å². The summed E-state index contributed by atoms with van der Waals surface area (Å²) in [5.74, 6) is 5.48. The first kappa shape index (κ1) is 15.5. The number of nitrogens with zero attached hydrogens (tertiary/aromatic N) is 1. The van der Waals surface area contributed by atoms with Gasteiger partial charge in [0, 0.05) is 16.6 Å². The molecule has 0 fully saturated rings. The van der Waals surface area contributed by atoms with Gasteiger partial charge < -0.3 is 5.73 Å². The normalized spacial score (nSPS) is 10.8. The lowest BCUT2D eigenvalue weighted by molar-refractivity contribution is 0.601. The highest BCUT2D eigenvalue weighted by molar-refractivity contribution is 7.93. The molecular weight excluding hydrogens is 306 g/mol. The molecule has 2 rings (SSSR count). The van der Waals surface area contributed by atoms with Crippen LogP contribution in [0.2, 0.25) is 0 Å². The van der Waals surface area contributed by atoms with Crippen LogP contribution in [0, 0.1) is 25.7 Å². The summed E-state index contributed by atoms with van der Waals surface area (Å²) in [7, 11) is -3.72. The topological polar surface area (TPSA) is 85.1 Å². The molecule has 0 aliphatic rings. The zero-order chi connectivity index (χ0) is 15.5. The molecule has 0 atom stereocenters. The molecule has 0 radical (unpaired) electrons. The van der Waals surface area contributed by atoms with E-state index in [-0.39, 0.29) is 11.4 Å². The van der Waals surface area contributed by atoms with E-state index in [2.05, 4.69) is 21.5 Å². The lowest BCUT2D eigenvalue weighted by atomic mass is 10.1. The molecule has 2 aromatic rings. The Morgan fingerprint density at radius 1 is 1.38 bits per heavy atom. The molecule has 0 spiro atoms. The van der Waals surface area contributed by atoms with Crippen molar-refractivity contribution in [3.8, 4) is 11.8 Å². The lowest BCUT2D eigenvalue weighted by Crippen LogP contribution is -2.14. The van der Waals surface area contributed by atoms with Crippen molar-refractivity contribution >= 4 is 26.5 Å². The fourth-order valence-electron chi connectivity index (χ4n) is 1.69. The maximum atomic E-state index is 12.5. The summed E-state index contributed by atoms with van der Waals surface area (Å²) in [6, 6.07) is 5.00. The number of aromatic nitrogens is 1. The Morgan fingerprint density at radius 2 is 2.14 bits per heavy atom. The SMILES string of the molecule is Cc1ccc(S(=O)(=O)Nc2ncc(C)s2)c(C#CCN)c1. The number of rotatable bonds is 3. The number of nitrogens with one attached hydrogen (secondary N) is 1. The first-order valence-electron chi connectivity index (χ1n) is 6.17. The van der Waals surface area contributed by atoms with Crippen LogP contribution in [0.1, 0.15) is 16.0 Å². The van der Waals surface area contributed by atoms with Crippen LogP contribution < -0.4 is 10.5 Å². The largest absolute Gasteiger partial charge is 0.320 e. The van der Waals surface area contributed by atoms with Crippen LogP contribution >= 0.6 is 11.3 Å². The molecule has 0 bridgehead atoms. The monoisotopic (exact) mass is 321 g/mol. The Kier molecular flexibility index (Phi) is 4.63. The number of thiazole rings is 1. The maximum Gasteiger partial charge on any atom is 0.264 e. The average Bonchev–Trinajstić information content (AvgIpc) is 2.80. The van der Waals surface area contributed by atoms with E-state index in [0.29, 0.717) is 10.7 Å². The van der Waals surface area contributed by atoms with Crippen molar-refractivity contribution in [1.82, 2.24) is 4.98 Å². The van der Waals surface area contributed by atoms with E-state index in [4.69, 9.17) is 5.73 Å². The van der Waals surface area contributed by atoms with Crippen molar-refractivity contribution < 1.29 is 8.42 Å². The van der Waals surface area contributed by atoms with Gasteiger partial charge in [-0.1, -0.05) is 17.9 Å². The van der Waals surface area contributed by atoms with Crippen molar-refractivity contribution in [1.29, 1.82) is 0 Å². The van der Waals surface area contributed by atoms with Gasteiger partial charge in [-0.2, -0.15) is 0 Å². The summed E-state index contributed by atoms with van der Waals surface area (Å²) < 4.78 is 27.4. The molecule has 0 saturated heterocycles. The molecule has 0 amide bonds. The van der Waals surface area contributed by atoms with E-state index in [1.165, 1.54) is 11.3 Å². The molecule has 1 aromatic heterocycles. The Hall–Kier alpha value is -1.88. The predicted octanol–water partition coefficient (Wildman–Crippen LogP) is 1.87. The Bertz CT molecular complexity index is 814. The smallest absolute Gasteiger partial charge is 0.264 e. The summed E-state index contributed by atoms with van der Waals surface area (Å²) >= 11 is 1.28. The van der Waals surface area contributed by atoms with Gasteiger partial charge >= 0.3 is 0 Å². The van der Waals surface area contributed by atoms with E-state index in [1.807, 2.05) is 13.8 Å². The van der Waals surface area contributed by atoms with Crippen molar-refractivity contribution in [2.75, 3.05) is 11.3 Å². The minimum Gasteiger partial charge on any atom is -0.320 e. The number of benzene rings is 1. The molecule has 110 valence electrons. The second kappa shape index (κ2) is 6.26. The molecule has 0 saturated carbocycles. The van der Waals surface area contributed by atoms with Gasteiger partial charge in [-0.3, -0.25) is 4.72 Å². The highest BCUT2D eigenvalue weighted by Gasteiger charge is 2.19. The number of anilines is 1. The molecular formula is C14H15N3O2S2. The highest BCUT2D eigenvalue weighted by Crippen LogP contribution is 2.23. The van der Waals surface area contributed by atoms with Gasteiger partial charge in [0.05, 0.1) is 6.54 Å². The van der Waals surface area contributed by atoms with Gasteiger partial charge in [-0.15, -0.1) is 11.3 Å². The zero-order valence-corrected chi connectivity index (χ0v) is 13.3. The van der Waals surface area contributed by atoms with Gasteiger partial charge in [-0.05, 0) is 31.5 Å². The first-order valence-corrected chi connectivity index (χ1v) is 8.47. The molecule has 7 heteroatoms. The molecule has 0 unspecified atom stereocenters. The van der Waals surface area contributed by atoms with Crippen LogP contribution in [0.15, 0.2) is 29.3 Å². The van der Waals surface area contributed by atoms with E-state index in [9.17, 15) is 8.42 Å². The van der Waals surface area contributed by atoms with Crippen LogP contribution in [0.3, 0.4) is 0 Å². The lowest BCUT2D eigenvalue weighted by Gasteiger charge is -2.08. The zero-order valence-electron chi connectivity index (χ0n) is 11.7. The first-order chi connectivity index (χ1) is 9.92. The Morgan fingerprint density at radius 3 is 2.76 bits per heavy atom. The van der Waals surface area contributed by atoms with Crippen molar-refractivity contribution in [3.05, 3.63) is 40.4 Å². The molecule has 0 aliphatic heterocycles. The van der Waals surface area contributed by atoms with Gasteiger partial charge in [0.15, 0.2) is 5.13 Å². The molecule has 3 N–H and O–H groups in total. The highest BCUT2D eigenvalue weighted by atomic mass is 32.2. The van der Waals surface area contributed by atoms with Gasteiger partial charge in [-0.25, -0.2) is 13.4 Å². The Labute approximate surface area is 128 Å². The summed E-state index contributed by atoms with van der Waals surface area (Å²) in [5, 5.41) is 0.339. The van der Waals surface area contributed by atoms with Crippen LogP contribution in [-0.2, 0) is 10.0 Å². The molecule has 21 heavy (non-hydrogen) atoms. The van der Waals surface area contributed by atoms with E-state index < -0.39 is 10.0 Å². The quantitative estimate of drug-likeness (QED) is 0.845. The minimum atomic E-state index is -3.72. The molecule has 1 aromatic carbocycles. The number of hydrogen-bond donors (Lipinski definition) is 2. The van der Waals surface area contributed by atoms with E-state index in [0.717, 1.165) is 10.4 Å². The third-order valence-electron chi connectivity index (χ3n) is 2.59. The van der Waals surface area contributed by atoms with E-state index >= 15 is 0 Å². The van der Waals surface area contributed by atoms with Gasteiger partial charge in [0.2, 0.25) is 0 Å².